The quantitative estimate of drug-likeness (QED) is 0.133. The van der Waals surface area contributed by atoms with Gasteiger partial charge in [0.2, 0.25) is 5.75 Å². The Labute approximate surface area is 226 Å². The van der Waals surface area contributed by atoms with Crippen molar-refractivity contribution in [2.24, 2.45) is 5.92 Å². The van der Waals surface area contributed by atoms with Crippen LogP contribution in [0.25, 0.3) is 5.69 Å². The Hall–Kier alpha value is -3.88. The largest absolute Gasteiger partial charge is 0.478 e. The van der Waals surface area contributed by atoms with Crippen LogP contribution in [0.15, 0.2) is 47.2 Å². The maximum Gasteiger partial charge on any atom is 0.435 e. The number of benzene rings is 1. The molecule has 1 fully saturated rings. The number of rotatable bonds is 9. The lowest BCUT2D eigenvalue weighted by atomic mass is 10.1. The van der Waals surface area contributed by atoms with Crippen molar-refractivity contribution in [1.82, 2.24) is 29.8 Å². The van der Waals surface area contributed by atoms with Gasteiger partial charge in [-0.3, -0.25) is 4.68 Å². The van der Waals surface area contributed by atoms with E-state index < -0.39 is 34.5 Å². The number of nitrogens with zero attached hydrogens (tertiary/aromatic N) is 7. The SMILES string of the molecule is C[C@@H](Oc1cc(Br)cnc1[N+](=O)[O-])c1cc(F)ccc1-n1nc(C(F)(F)F)cc1Cc1cn(CC2CC2)nn1. The predicted molar refractivity (Wildman–Crippen MR) is 132 cm³/mol. The van der Waals surface area contributed by atoms with Gasteiger partial charge in [0.1, 0.15) is 11.9 Å². The molecular weight excluding hydrogens is 590 g/mol. The van der Waals surface area contributed by atoms with E-state index in [1.807, 2.05) is 0 Å². The summed E-state index contributed by atoms with van der Waals surface area (Å²) in [4.78, 5) is 14.4. The standard InChI is InChI=1S/C24H20BrF4N7O3/c1-13(39-21-6-15(25)10-30-23(21)36(37)38)19-7-16(26)4-5-20(19)35-18(9-22(32-35)24(27,28)29)8-17-12-34(33-31-17)11-14-2-3-14/h4-7,9-10,12-14H,2-3,8,11H2,1H3/t13-/m1/s1. The van der Waals surface area contributed by atoms with Crippen LogP contribution in [-0.4, -0.2) is 34.7 Å². The summed E-state index contributed by atoms with van der Waals surface area (Å²) in [6.45, 7) is 2.17. The number of ether oxygens (including phenoxy) is 1. The maximum atomic E-state index is 14.4. The average molecular weight is 610 g/mol. The summed E-state index contributed by atoms with van der Waals surface area (Å²) >= 11 is 3.18. The minimum atomic E-state index is -4.74. The minimum Gasteiger partial charge on any atom is -0.478 e. The summed E-state index contributed by atoms with van der Waals surface area (Å²) < 4.78 is 64.3. The van der Waals surface area contributed by atoms with E-state index in [9.17, 15) is 27.7 Å². The van der Waals surface area contributed by atoms with Crippen molar-refractivity contribution in [1.29, 1.82) is 0 Å². The highest BCUT2D eigenvalue weighted by Gasteiger charge is 2.36. The van der Waals surface area contributed by atoms with Gasteiger partial charge in [-0.1, -0.05) is 5.21 Å². The maximum absolute atomic E-state index is 14.4. The third kappa shape index (κ3) is 6.08. The summed E-state index contributed by atoms with van der Waals surface area (Å²) in [5.74, 6) is -0.933. The molecule has 3 aromatic heterocycles. The van der Waals surface area contributed by atoms with Crippen LogP contribution in [0.5, 0.6) is 5.75 Å². The van der Waals surface area contributed by atoms with E-state index in [1.165, 1.54) is 25.3 Å². The van der Waals surface area contributed by atoms with Crippen LogP contribution < -0.4 is 4.74 Å². The Balaban J connectivity index is 1.53. The summed E-state index contributed by atoms with van der Waals surface area (Å²) in [5.41, 5.74) is -0.353. The lowest BCUT2D eigenvalue weighted by molar-refractivity contribution is -0.390. The molecule has 1 aliphatic carbocycles. The van der Waals surface area contributed by atoms with Crippen molar-refractivity contribution < 1.29 is 27.2 Å². The predicted octanol–water partition coefficient (Wildman–Crippen LogP) is 5.83. The van der Waals surface area contributed by atoms with Crippen LogP contribution >= 0.6 is 15.9 Å². The number of pyridine rings is 1. The molecule has 3 heterocycles. The molecule has 1 atom stereocenters. The van der Waals surface area contributed by atoms with Gasteiger partial charge < -0.3 is 14.9 Å². The van der Waals surface area contributed by atoms with Crippen molar-refractivity contribution in [3.05, 3.63) is 85.8 Å². The van der Waals surface area contributed by atoms with Crippen molar-refractivity contribution >= 4 is 21.7 Å². The highest BCUT2D eigenvalue weighted by atomic mass is 79.9. The van der Waals surface area contributed by atoms with E-state index in [0.29, 0.717) is 22.6 Å². The van der Waals surface area contributed by atoms with E-state index in [2.05, 4.69) is 36.3 Å². The Morgan fingerprint density at radius 1 is 1.26 bits per heavy atom. The van der Waals surface area contributed by atoms with Gasteiger partial charge in [-0.25, -0.2) is 9.07 Å². The fourth-order valence-electron chi connectivity index (χ4n) is 4.09. The van der Waals surface area contributed by atoms with Gasteiger partial charge in [-0.2, -0.15) is 18.3 Å². The summed E-state index contributed by atoms with van der Waals surface area (Å²) in [6, 6.07) is 5.67. The fraction of sp³-hybridized carbons (Fsp3) is 0.333. The Kier molecular flexibility index (Phi) is 7.09. The van der Waals surface area contributed by atoms with Gasteiger partial charge in [-0.05, 0) is 75.8 Å². The molecule has 1 aromatic carbocycles. The van der Waals surface area contributed by atoms with E-state index in [0.717, 1.165) is 35.7 Å². The first-order chi connectivity index (χ1) is 18.5. The van der Waals surface area contributed by atoms with Gasteiger partial charge >= 0.3 is 12.0 Å². The number of alkyl halides is 3. The highest BCUT2D eigenvalue weighted by Crippen LogP contribution is 2.36. The van der Waals surface area contributed by atoms with Crippen LogP contribution in [0, 0.1) is 21.8 Å². The average Bonchev–Trinajstić information content (AvgIpc) is 3.39. The smallest absolute Gasteiger partial charge is 0.435 e. The molecule has 0 saturated heterocycles. The molecule has 204 valence electrons. The zero-order valence-corrected chi connectivity index (χ0v) is 21.9. The minimum absolute atomic E-state index is 0.0270. The van der Waals surface area contributed by atoms with Crippen molar-refractivity contribution in [2.75, 3.05) is 0 Å². The molecule has 15 heteroatoms. The molecule has 5 rings (SSSR count). The molecule has 0 bridgehead atoms. The molecular formula is C24H20BrF4N7O3. The molecule has 1 aliphatic rings. The van der Waals surface area contributed by atoms with Crippen LogP contribution in [0.1, 0.15) is 48.5 Å². The number of hydrogen-bond donors (Lipinski definition) is 0. The Morgan fingerprint density at radius 3 is 2.72 bits per heavy atom. The number of nitro groups is 1. The Bertz CT molecular complexity index is 1530. The first-order valence-electron chi connectivity index (χ1n) is 11.8. The lowest BCUT2D eigenvalue weighted by Gasteiger charge is -2.19. The topological polar surface area (TPSA) is 114 Å². The third-order valence-corrected chi connectivity index (χ3v) is 6.53. The molecule has 0 radical (unpaired) electrons. The zero-order valence-electron chi connectivity index (χ0n) is 20.3. The van der Waals surface area contributed by atoms with Crippen LogP contribution in [-0.2, 0) is 19.1 Å². The molecule has 0 unspecified atom stereocenters. The lowest BCUT2D eigenvalue weighted by Crippen LogP contribution is -2.13. The first-order valence-corrected chi connectivity index (χ1v) is 12.6. The van der Waals surface area contributed by atoms with Crippen LogP contribution in [0.4, 0.5) is 23.4 Å². The molecule has 39 heavy (non-hydrogen) atoms. The normalized spacial score (nSPS) is 14.4. The second kappa shape index (κ2) is 10.4. The van der Waals surface area contributed by atoms with Crippen molar-refractivity contribution in [2.45, 2.75) is 45.0 Å². The summed E-state index contributed by atoms with van der Waals surface area (Å²) in [5, 5.41) is 23.4. The van der Waals surface area contributed by atoms with E-state index in [1.54, 1.807) is 10.9 Å². The molecule has 1 saturated carbocycles. The van der Waals surface area contributed by atoms with Gasteiger partial charge in [0.15, 0.2) is 11.9 Å². The van der Waals surface area contributed by atoms with Gasteiger partial charge in [0.05, 0.1) is 21.5 Å². The summed E-state index contributed by atoms with van der Waals surface area (Å²) in [6.07, 6.45) is -0.711. The zero-order chi connectivity index (χ0) is 27.9. The monoisotopic (exact) mass is 609 g/mol. The third-order valence-electron chi connectivity index (χ3n) is 6.10. The van der Waals surface area contributed by atoms with Gasteiger partial charge in [0.25, 0.3) is 0 Å². The molecule has 0 spiro atoms. The van der Waals surface area contributed by atoms with E-state index in [4.69, 9.17) is 4.74 Å². The molecule has 0 amide bonds. The first kappa shape index (κ1) is 26.7. The molecule has 10 nitrogen and oxygen atoms in total. The van der Waals surface area contributed by atoms with Crippen molar-refractivity contribution in [3.63, 3.8) is 0 Å². The number of aromatic nitrogens is 6. The molecule has 0 N–H and O–H groups in total. The number of hydrogen-bond acceptors (Lipinski definition) is 7. The second-order valence-electron chi connectivity index (χ2n) is 9.18. The van der Waals surface area contributed by atoms with Crippen LogP contribution in [0.2, 0.25) is 0 Å². The van der Waals surface area contributed by atoms with E-state index in [-0.39, 0.29) is 29.1 Å². The molecule has 0 aliphatic heterocycles. The fourth-order valence-corrected chi connectivity index (χ4v) is 4.40. The van der Waals surface area contributed by atoms with E-state index >= 15 is 0 Å². The summed E-state index contributed by atoms with van der Waals surface area (Å²) in [7, 11) is 0. The van der Waals surface area contributed by atoms with Crippen LogP contribution in [0.3, 0.4) is 0 Å². The van der Waals surface area contributed by atoms with Gasteiger partial charge in [0, 0.05) is 30.8 Å². The second-order valence-corrected chi connectivity index (χ2v) is 10.1. The highest BCUT2D eigenvalue weighted by molar-refractivity contribution is 9.10. The Morgan fingerprint density at radius 2 is 2.03 bits per heavy atom. The number of halogens is 5. The molecule has 4 aromatic rings. The van der Waals surface area contributed by atoms with Crippen molar-refractivity contribution in [3.8, 4) is 11.4 Å². The van der Waals surface area contributed by atoms with Gasteiger partial charge in [-0.15, -0.1) is 5.10 Å².